The van der Waals surface area contributed by atoms with Crippen molar-refractivity contribution in [3.05, 3.63) is 83.6 Å². The van der Waals surface area contributed by atoms with Crippen LogP contribution in [0.3, 0.4) is 0 Å². The van der Waals surface area contributed by atoms with Crippen molar-refractivity contribution in [2.24, 2.45) is 11.8 Å². The van der Waals surface area contributed by atoms with E-state index in [1.54, 1.807) is 0 Å². The molecule has 0 heteroatoms. The van der Waals surface area contributed by atoms with E-state index < -0.39 is 0 Å². The Bertz CT molecular complexity index is 505. The Kier molecular flexibility index (Phi) is 2.95. The first-order chi connectivity index (χ1) is 9.88. The van der Waals surface area contributed by atoms with E-state index in [0.29, 0.717) is 11.8 Å². The maximum absolute atomic E-state index is 2.52. The lowest BCUT2D eigenvalue weighted by Gasteiger charge is -2.38. The summed E-state index contributed by atoms with van der Waals surface area (Å²) in [4.78, 5) is 0. The average Bonchev–Trinajstić information content (AvgIpc) is 2.44. The zero-order valence-corrected chi connectivity index (χ0v) is 11.8. The van der Waals surface area contributed by atoms with Crippen LogP contribution < -0.4 is 0 Å². The fourth-order valence-corrected chi connectivity index (χ4v) is 3.75. The summed E-state index contributed by atoms with van der Waals surface area (Å²) < 4.78 is 0. The molecule has 0 spiro atoms. The summed E-state index contributed by atoms with van der Waals surface area (Å²) in [6, 6.07) is 17.9. The largest absolute Gasteiger partial charge is 0.189 e. The lowest BCUT2D eigenvalue weighted by atomic mass is 9.74. The molecular weight excluding hydrogens is 240 g/mol. The number of benzene rings is 2. The quantitative estimate of drug-likeness (QED) is 0.606. The molecule has 2 bridgehead atoms. The smallest absolute Gasteiger partial charge is 0.0586 e. The van der Waals surface area contributed by atoms with Gasteiger partial charge in [0, 0.05) is 0 Å². The Hall–Kier alpha value is -1.82. The third-order valence-electron chi connectivity index (χ3n) is 4.81. The lowest BCUT2D eigenvalue weighted by Crippen LogP contribution is -2.20. The van der Waals surface area contributed by atoms with Crippen molar-refractivity contribution in [1.29, 1.82) is 0 Å². The second-order valence-electron chi connectivity index (χ2n) is 6.24. The molecule has 102 valence electrons. The van der Waals surface area contributed by atoms with Gasteiger partial charge in [-0.05, 0) is 0 Å². The standard InChI is InChI=1S/C20H20/c1-2-6-18-12-16-10-9-15(11-17(18)5-1)13-19-7-3-4-8-20(19)14-16/h1-8,11,14-16H,9-10,12-13H2/q-2. The molecule has 2 unspecified atom stereocenters. The maximum Gasteiger partial charge on any atom is -0.0586 e. The van der Waals surface area contributed by atoms with E-state index in [1.165, 1.54) is 47.9 Å². The minimum absolute atomic E-state index is 0.689. The first kappa shape index (κ1) is 12.0. The zero-order valence-electron chi connectivity index (χ0n) is 11.8. The van der Waals surface area contributed by atoms with Crippen molar-refractivity contribution >= 4 is 0 Å². The van der Waals surface area contributed by atoms with Crippen molar-refractivity contribution in [2.75, 3.05) is 0 Å². The van der Waals surface area contributed by atoms with Crippen LogP contribution in [0.1, 0.15) is 35.1 Å². The molecule has 0 nitrogen and oxygen atoms in total. The van der Waals surface area contributed by atoms with Crippen molar-refractivity contribution in [1.82, 2.24) is 0 Å². The highest BCUT2D eigenvalue weighted by Gasteiger charge is 2.17. The predicted molar refractivity (Wildman–Crippen MR) is 83.3 cm³/mol. The van der Waals surface area contributed by atoms with Crippen LogP contribution in [-0.4, -0.2) is 0 Å². The summed E-state index contributed by atoms with van der Waals surface area (Å²) in [5.41, 5.74) is 5.99. The predicted octanol–water partition coefficient (Wildman–Crippen LogP) is 4.62. The monoisotopic (exact) mass is 260 g/mol. The van der Waals surface area contributed by atoms with Gasteiger partial charge in [0.05, 0.1) is 0 Å². The highest BCUT2D eigenvalue weighted by molar-refractivity contribution is 5.40. The first-order valence-electron chi connectivity index (χ1n) is 7.74. The van der Waals surface area contributed by atoms with Crippen LogP contribution >= 0.6 is 0 Å². The van der Waals surface area contributed by atoms with Gasteiger partial charge in [-0.15, -0.1) is 35.4 Å². The van der Waals surface area contributed by atoms with Crippen LogP contribution in [0, 0.1) is 24.7 Å². The van der Waals surface area contributed by atoms with Gasteiger partial charge >= 0.3 is 0 Å². The lowest BCUT2D eigenvalue weighted by molar-refractivity contribution is 0.432. The van der Waals surface area contributed by atoms with Crippen LogP contribution in [0.2, 0.25) is 0 Å². The second-order valence-corrected chi connectivity index (χ2v) is 6.24. The molecule has 0 fully saturated rings. The molecule has 0 saturated carbocycles. The highest BCUT2D eigenvalue weighted by atomic mass is 14.3. The van der Waals surface area contributed by atoms with Gasteiger partial charge in [-0.3, -0.25) is 0 Å². The summed E-state index contributed by atoms with van der Waals surface area (Å²) in [6.45, 7) is 0. The molecule has 2 aromatic carbocycles. The Morgan fingerprint density at radius 2 is 1.10 bits per heavy atom. The second kappa shape index (κ2) is 4.94. The van der Waals surface area contributed by atoms with Crippen molar-refractivity contribution in [3.63, 3.8) is 0 Å². The molecular formula is C20H20-2. The first-order valence-corrected chi connectivity index (χ1v) is 7.74. The van der Waals surface area contributed by atoms with Crippen LogP contribution in [0.15, 0.2) is 48.5 Å². The Balaban J connectivity index is 1.76. The van der Waals surface area contributed by atoms with Gasteiger partial charge < -0.3 is 0 Å². The van der Waals surface area contributed by atoms with E-state index in [0.717, 1.165) is 0 Å². The third-order valence-corrected chi connectivity index (χ3v) is 4.81. The highest BCUT2D eigenvalue weighted by Crippen LogP contribution is 2.36. The van der Waals surface area contributed by atoms with Crippen LogP contribution in [0.4, 0.5) is 0 Å². The molecule has 2 aliphatic rings. The van der Waals surface area contributed by atoms with Gasteiger partial charge in [-0.2, -0.15) is 36.1 Å². The summed E-state index contributed by atoms with van der Waals surface area (Å²) in [5, 5.41) is 0. The Morgan fingerprint density at radius 3 is 1.60 bits per heavy atom. The van der Waals surface area contributed by atoms with Gasteiger partial charge in [0.2, 0.25) is 0 Å². The fraction of sp³-hybridized carbons (Fsp3) is 0.300. The summed E-state index contributed by atoms with van der Waals surface area (Å²) in [7, 11) is 0. The molecule has 0 heterocycles. The van der Waals surface area contributed by atoms with E-state index in [9.17, 15) is 0 Å². The van der Waals surface area contributed by atoms with Crippen molar-refractivity contribution in [3.8, 4) is 0 Å². The van der Waals surface area contributed by atoms with Gasteiger partial charge in [0.1, 0.15) is 0 Å². The molecule has 0 radical (unpaired) electrons. The molecule has 4 rings (SSSR count). The molecule has 0 amide bonds. The van der Waals surface area contributed by atoms with E-state index in [4.69, 9.17) is 0 Å². The minimum Gasteiger partial charge on any atom is -0.189 e. The summed E-state index contributed by atoms with van der Waals surface area (Å²) in [6.07, 6.45) is 10.1. The van der Waals surface area contributed by atoms with E-state index >= 15 is 0 Å². The van der Waals surface area contributed by atoms with Crippen molar-refractivity contribution in [2.45, 2.75) is 25.7 Å². The SMILES string of the molecule is c1ccc2c(c1)[CH-]C1CCC([CH-]c3ccccc3C1)C2. The minimum atomic E-state index is 0.689. The molecule has 0 N–H and O–H groups in total. The van der Waals surface area contributed by atoms with Crippen LogP contribution in [0.5, 0.6) is 0 Å². The Labute approximate surface area is 121 Å². The maximum atomic E-state index is 2.52. The number of hydrogen-bond donors (Lipinski definition) is 0. The van der Waals surface area contributed by atoms with Gasteiger partial charge in [0.25, 0.3) is 0 Å². The van der Waals surface area contributed by atoms with Crippen LogP contribution in [0.25, 0.3) is 0 Å². The van der Waals surface area contributed by atoms with Gasteiger partial charge in [-0.25, -0.2) is 0 Å². The molecule has 2 atom stereocenters. The molecule has 0 saturated heterocycles. The van der Waals surface area contributed by atoms with Gasteiger partial charge in [-0.1, -0.05) is 49.7 Å². The number of fused-ring (bicyclic) bond motifs is 5. The number of hydrogen-bond acceptors (Lipinski definition) is 0. The molecule has 2 aromatic rings. The Morgan fingerprint density at radius 1 is 0.650 bits per heavy atom. The number of rotatable bonds is 0. The van der Waals surface area contributed by atoms with Gasteiger partial charge in [0.15, 0.2) is 0 Å². The average molecular weight is 260 g/mol. The third kappa shape index (κ3) is 2.20. The van der Waals surface area contributed by atoms with E-state index in [1.807, 2.05) is 0 Å². The zero-order chi connectivity index (χ0) is 13.4. The molecule has 0 aliphatic heterocycles. The van der Waals surface area contributed by atoms with Crippen LogP contribution in [-0.2, 0) is 12.8 Å². The van der Waals surface area contributed by atoms with E-state index in [-0.39, 0.29) is 0 Å². The topological polar surface area (TPSA) is 0 Å². The molecule has 2 aliphatic carbocycles. The normalized spacial score (nSPS) is 24.0. The fourth-order valence-electron chi connectivity index (χ4n) is 3.75. The summed E-state index contributed by atoms with van der Waals surface area (Å²) in [5.74, 6) is 1.38. The molecule has 20 heavy (non-hydrogen) atoms. The molecule has 0 aromatic heterocycles. The van der Waals surface area contributed by atoms with E-state index in [2.05, 4.69) is 61.4 Å². The van der Waals surface area contributed by atoms with Crippen molar-refractivity contribution < 1.29 is 0 Å². The summed E-state index contributed by atoms with van der Waals surface area (Å²) >= 11 is 0.